The van der Waals surface area contributed by atoms with Crippen molar-refractivity contribution in [1.29, 1.82) is 0 Å². The maximum atomic E-state index is 13.5. The van der Waals surface area contributed by atoms with Gasteiger partial charge >= 0.3 is 0 Å². The van der Waals surface area contributed by atoms with Crippen LogP contribution < -0.4 is 4.90 Å². The minimum Gasteiger partial charge on any atom is -0.419 e. The summed E-state index contributed by atoms with van der Waals surface area (Å²) in [6, 6.07) is 21.8. The molecule has 1 aromatic heterocycles. The van der Waals surface area contributed by atoms with Crippen LogP contribution in [0.25, 0.3) is 11.5 Å². The summed E-state index contributed by atoms with van der Waals surface area (Å²) in [5.74, 6) is -0.136. The maximum Gasteiger partial charge on any atom is 0.236 e. The molecule has 1 aliphatic rings. The largest absolute Gasteiger partial charge is 0.419 e. The van der Waals surface area contributed by atoms with Crippen LogP contribution in [-0.2, 0) is 16.4 Å². The van der Waals surface area contributed by atoms with Gasteiger partial charge in [0.2, 0.25) is 26.6 Å². The van der Waals surface area contributed by atoms with E-state index in [2.05, 4.69) is 22.0 Å². The van der Waals surface area contributed by atoms with E-state index >= 15 is 0 Å². The summed E-state index contributed by atoms with van der Waals surface area (Å²) in [5.41, 5.74) is 1.84. The fourth-order valence-electron chi connectivity index (χ4n) is 4.06. The summed E-state index contributed by atoms with van der Waals surface area (Å²) in [7, 11) is -4.05. The molecule has 0 atom stereocenters. The molecule has 3 aromatic carbocycles. The standard InChI is InChI=1S/C26H23ClFN3O3S/c27-21-8-6-20(7-9-21)24-29-25(35(32,33)23-12-10-22(28)11-13-23)26(34-24)31-16-14-30(15-17-31)18-19-4-2-1-3-5-19/h1-13H,14-18H2. The van der Waals surface area contributed by atoms with E-state index in [0.717, 1.165) is 31.8 Å². The fraction of sp³-hybridized carbons (Fsp3) is 0.192. The van der Waals surface area contributed by atoms with Crippen LogP contribution in [0.2, 0.25) is 5.02 Å². The van der Waals surface area contributed by atoms with Crippen LogP contribution in [0.3, 0.4) is 0 Å². The molecule has 0 bridgehead atoms. The van der Waals surface area contributed by atoms with Crippen LogP contribution in [0, 0.1) is 5.82 Å². The smallest absolute Gasteiger partial charge is 0.236 e. The SMILES string of the molecule is O=S(=O)(c1ccc(F)cc1)c1nc(-c2ccc(Cl)cc2)oc1N1CCN(Cc2ccccc2)CC1. The zero-order chi connectivity index (χ0) is 24.4. The molecule has 4 aromatic rings. The zero-order valence-electron chi connectivity index (χ0n) is 18.8. The molecule has 0 amide bonds. The Morgan fingerprint density at radius 2 is 1.54 bits per heavy atom. The highest BCUT2D eigenvalue weighted by molar-refractivity contribution is 7.91. The van der Waals surface area contributed by atoms with Crippen molar-refractivity contribution in [3.05, 3.63) is 95.3 Å². The lowest BCUT2D eigenvalue weighted by Crippen LogP contribution is -2.46. The molecule has 1 fully saturated rings. The lowest BCUT2D eigenvalue weighted by molar-refractivity contribution is 0.245. The van der Waals surface area contributed by atoms with Crippen molar-refractivity contribution in [3.8, 4) is 11.5 Å². The highest BCUT2D eigenvalue weighted by Gasteiger charge is 2.33. The molecular weight excluding hydrogens is 489 g/mol. The van der Waals surface area contributed by atoms with Gasteiger partial charge in [-0.1, -0.05) is 41.9 Å². The first kappa shape index (κ1) is 23.5. The van der Waals surface area contributed by atoms with Gasteiger partial charge in [0.05, 0.1) is 4.90 Å². The number of hydrogen-bond acceptors (Lipinski definition) is 6. The molecule has 6 nitrogen and oxygen atoms in total. The molecule has 0 spiro atoms. The molecule has 0 aliphatic carbocycles. The Kier molecular flexibility index (Phi) is 6.60. The molecule has 5 rings (SSSR count). The fourth-order valence-corrected chi connectivity index (χ4v) is 5.51. The second-order valence-electron chi connectivity index (χ2n) is 8.34. The van der Waals surface area contributed by atoms with E-state index < -0.39 is 15.7 Å². The van der Waals surface area contributed by atoms with Crippen molar-refractivity contribution in [3.63, 3.8) is 0 Å². The number of sulfone groups is 1. The minimum absolute atomic E-state index is 0.0428. The van der Waals surface area contributed by atoms with Crippen LogP contribution >= 0.6 is 11.6 Å². The van der Waals surface area contributed by atoms with Crippen LogP contribution in [0.4, 0.5) is 10.3 Å². The monoisotopic (exact) mass is 511 g/mol. The molecule has 0 unspecified atom stereocenters. The van der Waals surface area contributed by atoms with Gasteiger partial charge in [0.1, 0.15) is 5.82 Å². The molecule has 0 N–H and O–H groups in total. The van der Waals surface area contributed by atoms with Crippen molar-refractivity contribution in [2.45, 2.75) is 16.5 Å². The van der Waals surface area contributed by atoms with Gasteiger partial charge in [-0.3, -0.25) is 4.90 Å². The van der Waals surface area contributed by atoms with Gasteiger partial charge in [-0.2, -0.15) is 4.98 Å². The number of benzene rings is 3. The van der Waals surface area contributed by atoms with Gasteiger partial charge in [-0.05, 0) is 54.1 Å². The van der Waals surface area contributed by atoms with E-state index in [4.69, 9.17) is 16.0 Å². The Labute approximate surface area is 208 Å². The zero-order valence-corrected chi connectivity index (χ0v) is 20.3. The number of hydrogen-bond donors (Lipinski definition) is 0. The Morgan fingerprint density at radius 1 is 0.886 bits per heavy atom. The van der Waals surface area contributed by atoms with Crippen LogP contribution in [0.15, 0.2) is 93.2 Å². The van der Waals surface area contributed by atoms with Gasteiger partial charge in [0.25, 0.3) is 0 Å². The predicted molar refractivity (Wildman–Crippen MR) is 133 cm³/mol. The highest BCUT2D eigenvalue weighted by Crippen LogP contribution is 2.35. The lowest BCUT2D eigenvalue weighted by Gasteiger charge is -2.34. The Morgan fingerprint density at radius 3 is 2.20 bits per heavy atom. The number of nitrogens with zero attached hydrogens (tertiary/aromatic N) is 3. The Balaban J connectivity index is 1.46. The molecule has 180 valence electrons. The van der Waals surface area contributed by atoms with Crippen molar-refractivity contribution < 1.29 is 17.2 Å². The molecule has 9 heteroatoms. The lowest BCUT2D eigenvalue weighted by atomic mass is 10.2. The number of aromatic nitrogens is 1. The summed E-state index contributed by atoms with van der Waals surface area (Å²) >= 11 is 6.00. The van der Waals surface area contributed by atoms with Gasteiger partial charge in [0.15, 0.2) is 0 Å². The summed E-state index contributed by atoms with van der Waals surface area (Å²) in [4.78, 5) is 8.58. The minimum atomic E-state index is -4.05. The summed E-state index contributed by atoms with van der Waals surface area (Å²) < 4.78 is 46.5. The van der Waals surface area contributed by atoms with E-state index in [1.54, 1.807) is 24.3 Å². The van der Waals surface area contributed by atoms with E-state index in [1.165, 1.54) is 17.7 Å². The molecule has 1 aliphatic heterocycles. The second kappa shape index (κ2) is 9.81. The number of rotatable bonds is 6. The van der Waals surface area contributed by atoms with E-state index in [-0.39, 0.29) is 21.7 Å². The molecule has 35 heavy (non-hydrogen) atoms. The van der Waals surface area contributed by atoms with Crippen LogP contribution in [-0.4, -0.2) is 44.5 Å². The highest BCUT2D eigenvalue weighted by atomic mass is 35.5. The Bertz CT molecular complexity index is 1400. The first-order valence-corrected chi connectivity index (χ1v) is 13.0. The van der Waals surface area contributed by atoms with Crippen molar-refractivity contribution >= 4 is 27.3 Å². The maximum absolute atomic E-state index is 13.5. The van der Waals surface area contributed by atoms with E-state index in [1.807, 2.05) is 23.1 Å². The topological polar surface area (TPSA) is 66.7 Å². The van der Waals surface area contributed by atoms with E-state index in [9.17, 15) is 12.8 Å². The van der Waals surface area contributed by atoms with E-state index in [0.29, 0.717) is 23.7 Å². The normalized spacial score (nSPS) is 14.9. The average Bonchev–Trinajstić information content (AvgIpc) is 3.32. The number of anilines is 1. The summed E-state index contributed by atoms with van der Waals surface area (Å²) in [6.45, 7) is 3.45. The molecule has 2 heterocycles. The first-order valence-electron chi connectivity index (χ1n) is 11.2. The Hall–Kier alpha value is -3.20. The van der Waals surface area contributed by atoms with Crippen LogP contribution in [0.1, 0.15) is 5.56 Å². The number of oxazole rings is 1. The third kappa shape index (κ3) is 5.10. The molecular formula is C26H23ClFN3O3S. The molecule has 0 saturated carbocycles. The number of halogens is 2. The molecule has 1 saturated heterocycles. The first-order chi connectivity index (χ1) is 16.9. The van der Waals surface area contributed by atoms with Gasteiger partial charge in [-0.15, -0.1) is 0 Å². The second-order valence-corrected chi connectivity index (χ2v) is 10.6. The number of piperazine rings is 1. The average molecular weight is 512 g/mol. The van der Waals surface area contributed by atoms with Crippen molar-refractivity contribution in [2.24, 2.45) is 0 Å². The molecule has 0 radical (unpaired) electrons. The van der Waals surface area contributed by atoms with Gasteiger partial charge in [0, 0.05) is 43.3 Å². The van der Waals surface area contributed by atoms with Crippen molar-refractivity contribution in [2.75, 3.05) is 31.1 Å². The van der Waals surface area contributed by atoms with Gasteiger partial charge < -0.3 is 9.32 Å². The third-order valence-electron chi connectivity index (χ3n) is 5.96. The summed E-state index contributed by atoms with van der Waals surface area (Å²) in [6.07, 6.45) is 0. The predicted octanol–water partition coefficient (Wildman–Crippen LogP) is 5.29. The van der Waals surface area contributed by atoms with Gasteiger partial charge in [-0.25, -0.2) is 12.8 Å². The quantitative estimate of drug-likeness (QED) is 0.328. The van der Waals surface area contributed by atoms with Crippen LogP contribution in [0.5, 0.6) is 0 Å². The van der Waals surface area contributed by atoms with Crippen molar-refractivity contribution in [1.82, 2.24) is 9.88 Å². The summed E-state index contributed by atoms with van der Waals surface area (Å²) in [5, 5.41) is 0.375. The third-order valence-corrected chi connectivity index (χ3v) is 7.88.